The molecule has 0 spiro atoms. The summed E-state index contributed by atoms with van der Waals surface area (Å²) in [6.45, 7) is 6.32. The number of carbonyl (C=O) groups is 1. The fraction of sp³-hybridized carbons (Fsp3) is 0.500. The molecule has 0 aliphatic carbocycles. The van der Waals surface area contributed by atoms with Crippen LogP contribution in [-0.4, -0.2) is 18.6 Å². The maximum atomic E-state index is 12.0. The van der Waals surface area contributed by atoms with E-state index in [9.17, 15) is 4.79 Å². The van der Waals surface area contributed by atoms with Gasteiger partial charge in [0.15, 0.2) is 0 Å². The third-order valence-corrected chi connectivity index (χ3v) is 3.30. The molecule has 1 aromatic rings. The van der Waals surface area contributed by atoms with Gasteiger partial charge in [0, 0.05) is 11.1 Å². The molecule has 19 heavy (non-hydrogen) atoms. The van der Waals surface area contributed by atoms with E-state index in [2.05, 4.69) is 28.2 Å². The van der Waals surface area contributed by atoms with E-state index in [0.29, 0.717) is 18.0 Å². The fourth-order valence-corrected chi connectivity index (χ4v) is 2.14. The Morgan fingerprint density at radius 1 is 1.53 bits per heavy atom. The zero-order valence-corrected chi connectivity index (χ0v) is 13.2. The average molecular weight is 329 g/mol. The molecule has 0 heterocycles. The van der Waals surface area contributed by atoms with Crippen molar-refractivity contribution < 1.29 is 9.53 Å². The number of nitrogens with one attached hydrogen (secondary N) is 1. The second-order valence-corrected chi connectivity index (χ2v) is 5.46. The molecule has 1 amide bonds. The Morgan fingerprint density at radius 3 is 2.84 bits per heavy atom. The molecule has 106 valence electrons. The van der Waals surface area contributed by atoms with E-state index in [1.165, 1.54) is 0 Å². The van der Waals surface area contributed by atoms with E-state index in [-0.39, 0.29) is 5.91 Å². The van der Waals surface area contributed by atoms with Crippen LogP contribution in [0.1, 0.15) is 32.3 Å². The Bertz CT molecular complexity index is 449. The Balaban J connectivity index is 2.66. The van der Waals surface area contributed by atoms with Crippen LogP contribution in [-0.2, 0) is 9.53 Å². The minimum absolute atomic E-state index is 0.180. The number of ether oxygens (including phenoxy) is 1. The van der Waals surface area contributed by atoms with Crippen molar-refractivity contribution >= 4 is 33.2 Å². The highest BCUT2D eigenvalue weighted by Gasteiger charge is 2.15. The minimum Gasteiger partial charge on any atom is -0.397 e. The zero-order chi connectivity index (χ0) is 14.4. The molecule has 0 radical (unpaired) electrons. The van der Waals surface area contributed by atoms with Gasteiger partial charge in [-0.15, -0.1) is 0 Å². The van der Waals surface area contributed by atoms with Crippen LogP contribution in [0.25, 0.3) is 0 Å². The predicted molar refractivity (Wildman–Crippen MR) is 82.2 cm³/mol. The lowest BCUT2D eigenvalue weighted by Gasteiger charge is -2.15. The first-order valence-electron chi connectivity index (χ1n) is 6.43. The molecule has 0 aliphatic rings. The topological polar surface area (TPSA) is 64.3 Å². The SMILES string of the molecule is CCCCOC(C)C(=O)Nc1cc(Br)cc(C)c1N. The number of amides is 1. The van der Waals surface area contributed by atoms with Crippen molar-refractivity contribution in [3.8, 4) is 0 Å². The molecule has 1 unspecified atom stereocenters. The molecule has 3 N–H and O–H groups in total. The molecule has 1 rings (SSSR count). The van der Waals surface area contributed by atoms with Crippen LogP contribution in [0.4, 0.5) is 11.4 Å². The highest BCUT2D eigenvalue weighted by atomic mass is 79.9. The third kappa shape index (κ3) is 4.84. The summed E-state index contributed by atoms with van der Waals surface area (Å²) in [5, 5.41) is 2.80. The Kier molecular flexibility index (Phi) is 6.31. The quantitative estimate of drug-likeness (QED) is 0.620. The predicted octanol–water partition coefficient (Wildman–Crippen LogP) is 3.48. The Labute approximate surface area is 122 Å². The van der Waals surface area contributed by atoms with Crippen LogP contribution < -0.4 is 11.1 Å². The highest BCUT2D eigenvalue weighted by Crippen LogP contribution is 2.27. The highest BCUT2D eigenvalue weighted by molar-refractivity contribution is 9.10. The van der Waals surface area contributed by atoms with Crippen LogP contribution >= 0.6 is 15.9 Å². The normalized spacial score (nSPS) is 12.2. The van der Waals surface area contributed by atoms with Crippen LogP contribution in [0.15, 0.2) is 16.6 Å². The maximum Gasteiger partial charge on any atom is 0.253 e. The van der Waals surface area contributed by atoms with Crippen molar-refractivity contribution in [1.82, 2.24) is 0 Å². The van der Waals surface area contributed by atoms with E-state index >= 15 is 0 Å². The number of carbonyl (C=O) groups excluding carboxylic acids is 1. The summed E-state index contributed by atoms with van der Waals surface area (Å²) in [6, 6.07) is 3.70. The number of nitrogen functional groups attached to an aromatic ring is 1. The van der Waals surface area contributed by atoms with E-state index in [1.807, 2.05) is 13.0 Å². The van der Waals surface area contributed by atoms with Gasteiger partial charge in [-0.1, -0.05) is 29.3 Å². The number of anilines is 2. The number of benzene rings is 1. The first-order chi connectivity index (χ1) is 8.95. The summed E-state index contributed by atoms with van der Waals surface area (Å²) < 4.78 is 6.34. The van der Waals surface area contributed by atoms with E-state index in [1.54, 1.807) is 13.0 Å². The number of rotatable bonds is 6. The van der Waals surface area contributed by atoms with Crippen molar-refractivity contribution in [3.05, 3.63) is 22.2 Å². The Morgan fingerprint density at radius 2 is 2.21 bits per heavy atom. The summed E-state index contributed by atoms with van der Waals surface area (Å²) in [7, 11) is 0. The smallest absolute Gasteiger partial charge is 0.253 e. The number of aryl methyl sites for hydroxylation is 1. The molecule has 1 atom stereocenters. The summed E-state index contributed by atoms with van der Waals surface area (Å²) in [4.78, 5) is 12.0. The number of hydrogen-bond donors (Lipinski definition) is 2. The molecule has 0 aliphatic heterocycles. The maximum absolute atomic E-state index is 12.0. The first kappa shape index (κ1) is 16.0. The van der Waals surface area contributed by atoms with E-state index < -0.39 is 6.10 Å². The van der Waals surface area contributed by atoms with Gasteiger partial charge in [-0.2, -0.15) is 0 Å². The summed E-state index contributed by atoms with van der Waals surface area (Å²) in [5.74, 6) is -0.180. The van der Waals surface area contributed by atoms with Gasteiger partial charge in [-0.05, 0) is 38.0 Å². The molecule has 4 nitrogen and oxygen atoms in total. The van der Waals surface area contributed by atoms with Crippen molar-refractivity contribution in [1.29, 1.82) is 0 Å². The summed E-state index contributed by atoms with van der Waals surface area (Å²) in [5.41, 5.74) is 8.06. The second-order valence-electron chi connectivity index (χ2n) is 4.54. The minimum atomic E-state index is -0.481. The van der Waals surface area contributed by atoms with Crippen molar-refractivity contribution in [2.75, 3.05) is 17.7 Å². The molecule has 0 saturated carbocycles. The van der Waals surface area contributed by atoms with E-state index in [0.717, 1.165) is 22.9 Å². The van der Waals surface area contributed by atoms with Gasteiger partial charge in [-0.25, -0.2) is 0 Å². The van der Waals surface area contributed by atoms with Gasteiger partial charge >= 0.3 is 0 Å². The zero-order valence-electron chi connectivity index (χ0n) is 11.6. The van der Waals surface area contributed by atoms with Gasteiger partial charge in [-0.3, -0.25) is 4.79 Å². The monoisotopic (exact) mass is 328 g/mol. The van der Waals surface area contributed by atoms with Crippen molar-refractivity contribution in [3.63, 3.8) is 0 Å². The number of nitrogens with two attached hydrogens (primary N) is 1. The van der Waals surface area contributed by atoms with Crippen LogP contribution in [0.3, 0.4) is 0 Å². The lowest BCUT2D eigenvalue weighted by Crippen LogP contribution is -2.28. The van der Waals surface area contributed by atoms with Crippen LogP contribution in [0.5, 0.6) is 0 Å². The van der Waals surface area contributed by atoms with Gasteiger partial charge in [0.05, 0.1) is 11.4 Å². The summed E-state index contributed by atoms with van der Waals surface area (Å²) in [6.07, 6.45) is 1.52. The van der Waals surface area contributed by atoms with E-state index in [4.69, 9.17) is 10.5 Å². The molecule has 0 saturated heterocycles. The first-order valence-corrected chi connectivity index (χ1v) is 7.23. The van der Waals surface area contributed by atoms with Crippen LogP contribution in [0.2, 0.25) is 0 Å². The number of hydrogen-bond acceptors (Lipinski definition) is 3. The van der Waals surface area contributed by atoms with Gasteiger partial charge in [0.25, 0.3) is 5.91 Å². The third-order valence-electron chi connectivity index (χ3n) is 2.84. The molecule has 0 bridgehead atoms. The molecule has 5 heteroatoms. The van der Waals surface area contributed by atoms with Gasteiger partial charge in [0.1, 0.15) is 6.10 Å². The largest absolute Gasteiger partial charge is 0.397 e. The van der Waals surface area contributed by atoms with Gasteiger partial charge < -0.3 is 15.8 Å². The lowest BCUT2D eigenvalue weighted by atomic mass is 10.1. The molecular weight excluding hydrogens is 308 g/mol. The molecule has 0 fully saturated rings. The average Bonchev–Trinajstić information content (AvgIpc) is 2.35. The lowest BCUT2D eigenvalue weighted by molar-refractivity contribution is -0.126. The van der Waals surface area contributed by atoms with Crippen LogP contribution in [0, 0.1) is 6.92 Å². The van der Waals surface area contributed by atoms with Gasteiger partial charge in [0.2, 0.25) is 0 Å². The second kappa shape index (κ2) is 7.50. The molecule has 1 aromatic carbocycles. The fourth-order valence-electron chi connectivity index (χ4n) is 1.57. The summed E-state index contributed by atoms with van der Waals surface area (Å²) >= 11 is 3.39. The molecular formula is C14H21BrN2O2. The standard InChI is InChI=1S/C14H21BrN2O2/c1-4-5-6-19-10(3)14(18)17-12-8-11(15)7-9(2)13(12)16/h7-8,10H,4-6,16H2,1-3H3,(H,17,18). The number of halogens is 1. The van der Waals surface area contributed by atoms with Crippen molar-refractivity contribution in [2.24, 2.45) is 0 Å². The molecule has 0 aromatic heterocycles. The number of unbranched alkanes of at least 4 members (excludes halogenated alkanes) is 1. The Hall–Kier alpha value is -1.07. The van der Waals surface area contributed by atoms with Crippen molar-refractivity contribution in [2.45, 2.75) is 39.7 Å².